The summed E-state index contributed by atoms with van der Waals surface area (Å²) in [4.78, 5) is 0. The summed E-state index contributed by atoms with van der Waals surface area (Å²) < 4.78 is 6.15. The predicted molar refractivity (Wildman–Crippen MR) is 87.8 cm³/mol. The number of halogens is 3. The average Bonchev–Trinajstić information content (AvgIpc) is 2.38. The van der Waals surface area contributed by atoms with Gasteiger partial charge in [0.2, 0.25) is 0 Å². The second kappa shape index (κ2) is 5.94. The molecule has 2 aromatic rings. The molecular formula is C15H14BrCl2NO. The molecule has 1 atom stereocenters. The van der Waals surface area contributed by atoms with Crippen molar-refractivity contribution in [3.05, 3.63) is 62.0 Å². The van der Waals surface area contributed by atoms with Crippen LogP contribution in [0, 0.1) is 0 Å². The fourth-order valence-corrected chi connectivity index (χ4v) is 3.11. The van der Waals surface area contributed by atoms with Crippen LogP contribution in [0.4, 0.5) is 0 Å². The third-order valence-corrected chi connectivity index (χ3v) is 4.36. The normalized spacial score (nSPS) is 13.9. The fraction of sp³-hybridized carbons (Fsp3) is 0.200. The largest absolute Gasteiger partial charge is 0.495 e. The smallest absolute Gasteiger partial charge is 0.137 e. The van der Waals surface area contributed by atoms with E-state index in [1.54, 1.807) is 13.2 Å². The number of rotatable bonds is 3. The summed E-state index contributed by atoms with van der Waals surface area (Å²) in [6.45, 7) is 1.91. The van der Waals surface area contributed by atoms with Crippen molar-refractivity contribution in [3.8, 4) is 5.75 Å². The van der Waals surface area contributed by atoms with E-state index in [1.165, 1.54) is 0 Å². The van der Waals surface area contributed by atoms with E-state index in [0.29, 0.717) is 15.8 Å². The maximum Gasteiger partial charge on any atom is 0.137 e. The van der Waals surface area contributed by atoms with E-state index in [-0.39, 0.29) is 0 Å². The lowest BCUT2D eigenvalue weighted by molar-refractivity contribution is 0.413. The van der Waals surface area contributed by atoms with Gasteiger partial charge < -0.3 is 10.5 Å². The summed E-state index contributed by atoms with van der Waals surface area (Å²) in [6.07, 6.45) is 0. The molecule has 0 amide bonds. The molecule has 0 aromatic heterocycles. The van der Waals surface area contributed by atoms with Crippen LogP contribution in [0.3, 0.4) is 0 Å². The van der Waals surface area contributed by atoms with Gasteiger partial charge in [-0.05, 0) is 42.3 Å². The fourth-order valence-electron chi connectivity index (χ4n) is 2.05. The highest BCUT2D eigenvalue weighted by atomic mass is 79.9. The minimum Gasteiger partial charge on any atom is -0.495 e. The standard InChI is InChI=1S/C15H14BrCl2NO/c1-15(19,11-5-4-10(16)8-13(11)18)9-3-6-12(17)14(7-9)20-2/h3-8H,19H2,1-2H3. The van der Waals surface area contributed by atoms with Gasteiger partial charge in [-0.2, -0.15) is 0 Å². The van der Waals surface area contributed by atoms with E-state index in [9.17, 15) is 0 Å². The Hall–Kier alpha value is -0.740. The van der Waals surface area contributed by atoms with Gasteiger partial charge in [0.15, 0.2) is 0 Å². The molecule has 5 heteroatoms. The summed E-state index contributed by atoms with van der Waals surface area (Å²) in [5.41, 5.74) is 7.46. The molecule has 2 aromatic carbocycles. The Morgan fingerprint density at radius 1 is 1.10 bits per heavy atom. The molecule has 2 nitrogen and oxygen atoms in total. The molecule has 0 radical (unpaired) electrons. The second-order valence-electron chi connectivity index (χ2n) is 4.68. The Bertz CT molecular complexity index is 644. The molecule has 20 heavy (non-hydrogen) atoms. The van der Waals surface area contributed by atoms with Crippen LogP contribution in [0.15, 0.2) is 40.9 Å². The van der Waals surface area contributed by atoms with Crippen LogP contribution in [0.5, 0.6) is 5.75 Å². The van der Waals surface area contributed by atoms with Crippen LogP contribution in [-0.4, -0.2) is 7.11 Å². The SMILES string of the molecule is COc1cc(C(C)(N)c2ccc(Br)cc2Cl)ccc1Cl. The number of methoxy groups -OCH3 is 1. The molecule has 0 heterocycles. The van der Waals surface area contributed by atoms with E-state index in [1.807, 2.05) is 37.3 Å². The van der Waals surface area contributed by atoms with Crippen molar-refractivity contribution in [2.24, 2.45) is 5.73 Å². The first-order chi connectivity index (χ1) is 9.36. The molecule has 0 spiro atoms. The molecule has 0 fully saturated rings. The average molecular weight is 375 g/mol. The quantitative estimate of drug-likeness (QED) is 0.821. The van der Waals surface area contributed by atoms with E-state index in [0.717, 1.165) is 15.6 Å². The highest BCUT2D eigenvalue weighted by Gasteiger charge is 2.27. The van der Waals surface area contributed by atoms with Gasteiger partial charge >= 0.3 is 0 Å². The Kier molecular flexibility index (Phi) is 4.65. The summed E-state index contributed by atoms with van der Waals surface area (Å²) in [6, 6.07) is 11.1. The van der Waals surface area contributed by atoms with Gasteiger partial charge in [0.1, 0.15) is 5.75 Å². The van der Waals surface area contributed by atoms with Gasteiger partial charge in [-0.1, -0.05) is 51.3 Å². The zero-order chi connectivity index (χ0) is 14.9. The van der Waals surface area contributed by atoms with Gasteiger partial charge in [0.05, 0.1) is 17.7 Å². The monoisotopic (exact) mass is 373 g/mol. The van der Waals surface area contributed by atoms with Crippen LogP contribution >= 0.6 is 39.1 Å². The third kappa shape index (κ3) is 2.96. The van der Waals surface area contributed by atoms with Gasteiger partial charge in [-0.15, -0.1) is 0 Å². The third-order valence-electron chi connectivity index (χ3n) is 3.24. The zero-order valence-electron chi connectivity index (χ0n) is 11.1. The number of nitrogens with two attached hydrogens (primary N) is 1. The molecule has 2 N–H and O–H groups in total. The maximum atomic E-state index is 6.49. The first kappa shape index (κ1) is 15.6. The lowest BCUT2D eigenvalue weighted by Crippen LogP contribution is -2.34. The van der Waals surface area contributed by atoms with Crippen molar-refractivity contribution in [1.82, 2.24) is 0 Å². The van der Waals surface area contributed by atoms with Crippen molar-refractivity contribution < 1.29 is 4.74 Å². The first-order valence-corrected chi connectivity index (χ1v) is 7.49. The summed E-state index contributed by atoms with van der Waals surface area (Å²) in [5.74, 6) is 0.592. The maximum absolute atomic E-state index is 6.49. The van der Waals surface area contributed by atoms with Crippen LogP contribution in [0.25, 0.3) is 0 Å². The van der Waals surface area contributed by atoms with Gasteiger partial charge in [-0.25, -0.2) is 0 Å². The number of benzene rings is 2. The molecule has 0 aliphatic carbocycles. The molecule has 0 saturated heterocycles. The minimum absolute atomic E-state index is 0.550. The predicted octanol–water partition coefficient (Wildman–Crippen LogP) is 4.99. The lowest BCUT2D eigenvalue weighted by atomic mass is 9.85. The van der Waals surface area contributed by atoms with E-state index >= 15 is 0 Å². The van der Waals surface area contributed by atoms with Crippen LogP contribution in [0.2, 0.25) is 10.0 Å². The molecule has 2 rings (SSSR count). The van der Waals surface area contributed by atoms with Crippen molar-refractivity contribution in [2.75, 3.05) is 7.11 Å². The van der Waals surface area contributed by atoms with Crippen molar-refractivity contribution >= 4 is 39.1 Å². The van der Waals surface area contributed by atoms with Crippen molar-refractivity contribution in [2.45, 2.75) is 12.5 Å². The Labute approximate surface area is 137 Å². The van der Waals surface area contributed by atoms with E-state index < -0.39 is 5.54 Å². The van der Waals surface area contributed by atoms with Gasteiger partial charge in [-0.3, -0.25) is 0 Å². The Morgan fingerprint density at radius 3 is 2.40 bits per heavy atom. The molecule has 106 valence electrons. The molecule has 0 bridgehead atoms. The number of ether oxygens (including phenoxy) is 1. The van der Waals surface area contributed by atoms with Crippen LogP contribution < -0.4 is 10.5 Å². The van der Waals surface area contributed by atoms with Gasteiger partial charge in [0, 0.05) is 9.50 Å². The highest BCUT2D eigenvalue weighted by molar-refractivity contribution is 9.10. The Morgan fingerprint density at radius 2 is 1.80 bits per heavy atom. The molecule has 0 saturated carbocycles. The topological polar surface area (TPSA) is 35.2 Å². The molecule has 0 aliphatic rings. The summed E-state index contributed by atoms with van der Waals surface area (Å²) in [5, 5.41) is 1.16. The lowest BCUT2D eigenvalue weighted by Gasteiger charge is -2.27. The second-order valence-corrected chi connectivity index (χ2v) is 6.41. The first-order valence-electron chi connectivity index (χ1n) is 5.94. The van der Waals surface area contributed by atoms with Crippen molar-refractivity contribution in [1.29, 1.82) is 0 Å². The van der Waals surface area contributed by atoms with E-state index in [4.69, 9.17) is 33.7 Å². The highest BCUT2D eigenvalue weighted by Crippen LogP contribution is 2.36. The van der Waals surface area contributed by atoms with Gasteiger partial charge in [0.25, 0.3) is 0 Å². The summed E-state index contributed by atoms with van der Waals surface area (Å²) >= 11 is 15.7. The summed E-state index contributed by atoms with van der Waals surface area (Å²) in [7, 11) is 1.57. The van der Waals surface area contributed by atoms with Crippen molar-refractivity contribution in [3.63, 3.8) is 0 Å². The number of hydrogen-bond acceptors (Lipinski definition) is 2. The van der Waals surface area contributed by atoms with Crippen LogP contribution in [-0.2, 0) is 5.54 Å². The molecular weight excluding hydrogens is 361 g/mol. The molecule has 1 unspecified atom stereocenters. The minimum atomic E-state index is -0.740. The zero-order valence-corrected chi connectivity index (χ0v) is 14.2. The van der Waals surface area contributed by atoms with Crippen LogP contribution in [0.1, 0.15) is 18.1 Å². The van der Waals surface area contributed by atoms with E-state index in [2.05, 4.69) is 15.9 Å². The Balaban J connectivity index is 2.54. The number of hydrogen-bond donors (Lipinski definition) is 1. The molecule has 0 aliphatic heterocycles.